The third kappa shape index (κ3) is 4.17. The van der Waals surface area contributed by atoms with Gasteiger partial charge in [-0.3, -0.25) is 4.79 Å². The van der Waals surface area contributed by atoms with Gasteiger partial charge in [0.05, 0.1) is 0 Å². The molecule has 0 aliphatic rings. The molecule has 2 rings (SSSR count). The predicted octanol–water partition coefficient (Wildman–Crippen LogP) is 2.86. The highest BCUT2D eigenvalue weighted by Crippen LogP contribution is 2.17. The minimum Gasteiger partial charge on any atom is -0.330 e. The first-order chi connectivity index (χ1) is 10.2. The minimum absolute atomic E-state index is 0.0830. The summed E-state index contributed by atoms with van der Waals surface area (Å²) in [5, 5.41) is 0. The fraction of sp³-hybridized carbons (Fsp3) is 0.278. The number of hydrogen-bond acceptors (Lipinski definition) is 2. The van der Waals surface area contributed by atoms with Gasteiger partial charge in [-0.1, -0.05) is 55.5 Å². The lowest BCUT2D eigenvalue weighted by molar-refractivity contribution is -0.121. The molecule has 0 saturated heterocycles. The standard InChI is InChI=1S/C18H22N2O/c1-15(14-19)18(21)20(17-10-6-3-7-11-17)13-12-16-8-4-2-5-9-16/h2-11,15H,12-14,19H2,1H3. The molecule has 0 aliphatic carbocycles. The quantitative estimate of drug-likeness (QED) is 0.885. The summed E-state index contributed by atoms with van der Waals surface area (Å²) in [7, 11) is 0. The Labute approximate surface area is 126 Å². The Morgan fingerprint density at radius 2 is 1.62 bits per heavy atom. The highest BCUT2D eigenvalue weighted by molar-refractivity contribution is 5.94. The van der Waals surface area contributed by atoms with E-state index in [9.17, 15) is 4.79 Å². The summed E-state index contributed by atoms with van der Waals surface area (Å²) in [5.41, 5.74) is 7.81. The van der Waals surface area contributed by atoms with Gasteiger partial charge in [-0.25, -0.2) is 0 Å². The Morgan fingerprint density at radius 3 is 2.19 bits per heavy atom. The number of amides is 1. The Balaban J connectivity index is 2.14. The topological polar surface area (TPSA) is 46.3 Å². The second-order valence-corrected chi connectivity index (χ2v) is 5.20. The van der Waals surface area contributed by atoms with Crippen molar-refractivity contribution in [1.29, 1.82) is 0 Å². The summed E-state index contributed by atoms with van der Waals surface area (Å²) in [6.07, 6.45) is 0.832. The molecule has 0 fully saturated rings. The third-order valence-electron chi connectivity index (χ3n) is 3.58. The fourth-order valence-corrected chi connectivity index (χ4v) is 2.23. The van der Waals surface area contributed by atoms with Crippen LogP contribution in [0.2, 0.25) is 0 Å². The van der Waals surface area contributed by atoms with Gasteiger partial charge in [-0.05, 0) is 24.1 Å². The molecule has 0 radical (unpaired) electrons. The van der Waals surface area contributed by atoms with E-state index in [-0.39, 0.29) is 11.8 Å². The molecule has 21 heavy (non-hydrogen) atoms. The Bertz CT molecular complexity index is 554. The summed E-state index contributed by atoms with van der Waals surface area (Å²) in [5.74, 6) is -0.0828. The molecule has 0 aliphatic heterocycles. The molecule has 2 N–H and O–H groups in total. The normalized spacial score (nSPS) is 11.9. The van der Waals surface area contributed by atoms with Crippen molar-refractivity contribution >= 4 is 11.6 Å². The van der Waals surface area contributed by atoms with Gasteiger partial charge < -0.3 is 10.6 Å². The number of anilines is 1. The summed E-state index contributed by atoms with van der Waals surface area (Å²) >= 11 is 0. The molecule has 1 unspecified atom stereocenters. The summed E-state index contributed by atoms with van der Waals surface area (Å²) in [4.78, 5) is 14.4. The van der Waals surface area contributed by atoms with E-state index in [1.807, 2.05) is 60.4 Å². The molecule has 0 bridgehead atoms. The summed E-state index contributed by atoms with van der Waals surface area (Å²) < 4.78 is 0. The van der Waals surface area contributed by atoms with E-state index in [4.69, 9.17) is 5.73 Å². The van der Waals surface area contributed by atoms with Crippen molar-refractivity contribution in [2.75, 3.05) is 18.0 Å². The maximum absolute atomic E-state index is 12.5. The van der Waals surface area contributed by atoms with Crippen LogP contribution in [0, 0.1) is 5.92 Å². The lowest BCUT2D eigenvalue weighted by atomic mass is 10.1. The van der Waals surface area contributed by atoms with Crippen LogP contribution < -0.4 is 10.6 Å². The van der Waals surface area contributed by atoms with E-state index in [0.717, 1.165) is 12.1 Å². The molecular formula is C18H22N2O. The molecule has 3 nitrogen and oxygen atoms in total. The molecule has 110 valence electrons. The molecular weight excluding hydrogens is 260 g/mol. The molecule has 1 atom stereocenters. The van der Waals surface area contributed by atoms with Crippen molar-refractivity contribution < 1.29 is 4.79 Å². The first kappa shape index (κ1) is 15.3. The molecule has 0 saturated carbocycles. The van der Waals surface area contributed by atoms with E-state index in [2.05, 4.69) is 12.1 Å². The van der Waals surface area contributed by atoms with Gasteiger partial charge in [0.1, 0.15) is 0 Å². The van der Waals surface area contributed by atoms with Gasteiger partial charge in [0, 0.05) is 24.7 Å². The van der Waals surface area contributed by atoms with Gasteiger partial charge in [0.2, 0.25) is 5.91 Å². The van der Waals surface area contributed by atoms with E-state index in [0.29, 0.717) is 13.1 Å². The zero-order chi connectivity index (χ0) is 15.1. The smallest absolute Gasteiger partial charge is 0.231 e. The van der Waals surface area contributed by atoms with Crippen LogP contribution in [0.1, 0.15) is 12.5 Å². The van der Waals surface area contributed by atoms with Crippen LogP contribution in [0.5, 0.6) is 0 Å². The van der Waals surface area contributed by atoms with E-state index < -0.39 is 0 Å². The van der Waals surface area contributed by atoms with Crippen LogP contribution in [0.25, 0.3) is 0 Å². The monoisotopic (exact) mass is 282 g/mol. The molecule has 2 aromatic rings. The zero-order valence-corrected chi connectivity index (χ0v) is 12.4. The second-order valence-electron chi connectivity index (χ2n) is 5.20. The van der Waals surface area contributed by atoms with Gasteiger partial charge in [-0.2, -0.15) is 0 Å². The molecule has 0 aromatic heterocycles. The number of rotatable bonds is 6. The van der Waals surface area contributed by atoms with E-state index in [1.54, 1.807) is 0 Å². The number of nitrogens with zero attached hydrogens (tertiary/aromatic N) is 1. The van der Waals surface area contributed by atoms with Gasteiger partial charge in [0.25, 0.3) is 0 Å². The lowest BCUT2D eigenvalue weighted by Crippen LogP contribution is -2.39. The van der Waals surface area contributed by atoms with Crippen molar-refractivity contribution in [3.8, 4) is 0 Å². The van der Waals surface area contributed by atoms with Crippen LogP contribution >= 0.6 is 0 Å². The molecule has 0 heterocycles. The zero-order valence-electron chi connectivity index (χ0n) is 12.4. The van der Waals surface area contributed by atoms with Crippen LogP contribution in [-0.2, 0) is 11.2 Å². The number of nitrogens with two attached hydrogens (primary N) is 1. The van der Waals surface area contributed by atoms with Crippen molar-refractivity contribution in [1.82, 2.24) is 0 Å². The van der Waals surface area contributed by atoms with Crippen LogP contribution in [0.4, 0.5) is 5.69 Å². The second kappa shape index (κ2) is 7.60. The average Bonchev–Trinajstić information content (AvgIpc) is 2.56. The largest absolute Gasteiger partial charge is 0.330 e. The Hall–Kier alpha value is -2.13. The highest BCUT2D eigenvalue weighted by atomic mass is 16.2. The third-order valence-corrected chi connectivity index (χ3v) is 3.58. The summed E-state index contributed by atoms with van der Waals surface area (Å²) in [6, 6.07) is 20.0. The summed E-state index contributed by atoms with van der Waals surface area (Å²) in [6.45, 7) is 2.91. The first-order valence-electron chi connectivity index (χ1n) is 7.33. The number of hydrogen-bond donors (Lipinski definition) is 1. The molecule has 0 spiro atoms. The SMILES string of the molecule is CC(CN)C(=O)N(CCc1ccccc1)c1ccccc1. The van der Waals surface area contributed by atoms with Crippen molar-refractivity contribution in [2.45, 2.75) is 13.3 Å². The van der Waals surface area contributed by atoms with E-state index >= 15 is 0 Å². The van der Waals surface area contributed by atoms with E-state index in [1.165, 1.54) is 5.56 Å². The first-order valence-corrected chi connectivity index (χ1v) is 7.33. The molecule has 3 heteroatoms. The number of carbonyl (C=O) groups excluding carboxylic acids is 1. The Kier molecular flexibility index (Phi) is 5.52. The average molecular weight is 282 g/mol. The van der Waals surface area contributed by atoms with Crippen molar-refractivity contribution in [2.24, 2.45) is 11.7 Å². The molecule has 1 amide bonds. The van der Waals surface area contributed by atoms with Gasteiger partial charge in [-0.15, -0.1) is 0 Å². The van der Waals surface area contributed by atoms with Gasteiger partial charge >= 0.3 is 0 Å². The highest BCUT2D eigenvalue weighted by Gasteiger charge is 2.20. The maximum Gasteiger partial charge on any atom is 0.231 e. The number of carbonyl (C=O) groups is 1. The van der Waals surface area contributed by atoms with Crippen LogP contribution in [-0.4, -0.2) is 19.0 Å². The maximum atomic E-state index is 12.5. The molecule has 2 aromatic carbocycles. The van der Waals surface area contributed by atoms with Crippen LogP contribution in [0.3, 0.4) is 0 Å². The predicted molar refractivity (Wildman–Crippen MR) is 87.2 cm³/mol. The fourth-order valence-electron chi connectivity index (χ4n) is 2.23. The Morgan fingerprint density at radius 1 is 1.05 bits per heavy atom. The van der Waals surface area contributed by atoms with Crippen molar-refractivity contribution in [3.63, 3.8) is 0 Å². The number of para-hydroxylation sites is 1. The number of benzene rings is 2. The van der Waals surface area contributed by atoms with Crippen molar-refractivity contribution in [3.05, 3.63) is 66.2 Å². The van der Waals surface area contributed by atoms with Crippen LogP contribution in [0.15, 0.2) is 60.7 Å². The van der Waals surface area contributed by atoms with Gasteiger partial charge in [0.15, 0.2) is 0 Å². The lowest BCUT2D eigenvalue weighted by Gasteiger charge is -2.25. The minimum atomic E-state index is -0.166.